The Bertz CT molecular complexity index is 436. The van der Waals surface area contributed by atoms with Gasteiger partial charge in [0.2, 0.25) is 0 Å². The van der Waals surface area contributed by atoms with Gasteiger partial charge in [0.05, 0.1) is 14.2 Å². The van der Waals surface area contributed by atoms with Gasteiger partial charge >= 0.3 is 5.97 Å². The third kappa shape index (κ3) is 3.33. The molecule has 0 aromatic heterocycles. The summed E-state index contributed by atoms with van der Waals surface area (Å²) in [6, 6.07) is 2.01. The maximum Gasteiger partial charge on any atom is 0.303 e. The van der Waals surface area contributed by atoms with Gasteiger partial charge in [-0.05, 0) is 12.5 Å². The summed E-state index contributed by atoms with van der Waals surface area (Å²) in [4.78, 5) is 10.5. The number of hydrogen-bond acceptors (Lipinski definition) is 4. The van der Waals surface area contributed by atoms with Crippen molar-refractivity contribution in [2.45, 2.75) is 18.9 Å². The van der Waals surface area contributed by atoms with Crippen LogP contribution in [0, 0.1) is 5.82 Å². The Morgan fingerprint density at radius 2 is 2.00 bits per heavy atom. The van der Waals surface area contributed by atoms with Crippen molar-refractivity contribution in [3.8, 4) is 11.5 Å². The van der Waals surface area contributed by atoms with E-state index in [0.29, 0.717) is 11.3 Å². The number of rotatable bonds is 6. The molecule has 0 radical (unpaired) electrons. The van der Waals surface area contributed by atoms with E-state index in [4.69, 9.17) is 20.3 Å². The van der Waals surface area contributed by atoms with Gasteiger partial charge in [0, 0.05) is 24.1 Å². The minimum Gasteiger partial charge on any atom is -0.496 e. The molecular formula is C12H16FNO4. The first-order valence-electron chi connectivity index (χ1n) is 5.38. The average Bonchev–Trinajstić information content (AvgIpc) is 2.35. The van der Waals surface area contributed by atoms with Crippen LogP contribution in [0.25, 0.3) is 0 Å². The lowest BCUT2D eigenvalue weighted by atomic mass is 10.0. The van der Waals surface area contributed by atoms with Gasteiger partial charge in [-0.2, -0.15) is 0 Å². The molecule has 6 heteroatoms. The molecule has 1 aromatic carbocycles. The highest BCUT2D eigenvalue weighted by atomic mass is 19.1. The molecule has 0 aliphatic heterocycles. The predicted octanol–water partition coefficient (Wildman–Crippen LogP) is 1.71. The molecule has 0 saturated heterocycles. The summed E-state index contributed by atoms with van der Waals surface area (Å²) in [5.41, 5.74) is 6.26. The lowest BCUT2D eigenvalue weighted by Gasteiger charge is -2.16. The monoisotopic (exact) mass is 257 g/mol. The van der Waals surface area contributed by atoms with Gasteiger partial charge < -0.3 is 20.3 Å². The number of carboxylic acid groups (broad SMARTS) is 1. The molecule has 0 aliphatic rings. The summed E-state index contributed by atoms with van der Waals surface area (Å²) in [5, 5.41) is 8.59. The van der Waals surface area contributed by atoms with Crippen LogP contribution < -0.4 is 15.2 Å². The molecule has 3 N–H and O–H groups in total. The molecule has 18 heavy (non-hydrogen) atoms. The van der Waals surface area contributed by atoms with E-state index in [2.05, 4.69) is 0 Å². The third-order valence-electron chi connectivity index (χ3n) is 2.57. The Hall–Kier alpha value is -1.82. The first-order valence-corrected chi connectivity index (χ1v) is 5.38. The van der Waals surface area contributed by atoms with Crippen LogP contribution >= 0.6 is 0 Å². The number of aliphatic carboxylic acids is 1. The minimum absolute atomic E-state index is 0.0565. The van der Waals surface area contributed by atoms with E-state index in [1.54, 1.807) is 0 Å². The first-order chi connectivity index (χ1) is 8.49. The molecule has 0 heterocycles. The zero-order valence-corrected chi connectivity index (χ0v) is 10.3. The number of carboxylic acids is 1. The van der Waals surface area contributed by atoms with E-state index < -0.39 is 17.8 Å². The van der Waals surface area contributed by atoms with Crippen molar-refractivity contribution in [1.82, 2.24) is 0 Å². The average molecular weight is 257 g/mol. The fourth-order valence-corrected chi connectivity index (χ4v) is 1.61. The van der Waals surface area contributed by atoms with E-state index in [1.165, 1.54) is 26.4 Å². The molecule has 0 aliphatic carbocycles. The van der Waals surface area contributed by atoms with Gasteiger partial charge in [0.25, 0.3) is 0 Å². The number of hydrogen-bond donors (Lipinski definition) is 2. The third-order valence-corrected chi connectivity index (χ3v) is 2.57. The fraction of sp³-hybridized carbons (Fsp3) is 0.417. The van der Waals surface area contributed by atoms with Gasteiger partial charge in [-0.15, -0.1) is 0 Å². The Morgan fingerprint density at radius 3 is 2.50 bits per heavy atom. The van der Waals surface area contributed by atoms with Crippen LogP contribution in [-0.2, 0) is 4.79 Å². The van der Waals surface area contributed by atoms with Gasteiger partial charge in [-0.25, -0.2) is 4.39 Å². The molecule has 1 unspecified atom stereocenters. The van der Waals surface area contributed by atoms with E-state index >= 15 is 0 Å². The highest BCUT2D eigenvalue weighted by molar-refractivity contribution is 5.66. The fourth-order valence-electron chi connectivity index (χ4n) is 1.61. The first kappa shape index (κ1) is 14.2. The molecule has 1 rings (SSSR count). The van der Waals surface area contributed by atoms with Crippen molar-refractivity contribution in [3.05, 3.63) is 23.5 Å². The van der Waals surface area contributed by atoms with Crippen LogP contribution in [0.4, 0.5) is 4.39 Å². The Morgan fingerprint density at radius 1 is 1.39 bits per heavy atom. The van der Waals surface area contributed by atoms with Crippen molar-refractivity contribution in [1.29, 1.82) is 0 Å². The molecular weight excluding hydrogens is 241 g/mol. The van der Waals surface area contributed by atoms with Gasteiger partial charge in [0.15, 0.2) is 11.6 Å². The van der Waals surface area contributed by atoms with Crippen molar-refractivity contribution >= 4 is 5.97 Å². The summed E-state index contributed by atoms with van der Waals surface area (Å²) >= 11 is 0. The van der Waals surface area contributed by atoms with E-state index in [1.807, 2.05) is 0 Å². The number of ether oxygens (including phenoxy) is 2. The quantitative estimate of drug-likeness (QED) is 0.810. The van der Waals surface area contributed by atoms with Crippen LogP contribution in [0.15, 0.2) is 12.1 Å². The van der Waals surface area contributed by atoms with Gasteiger partial charge in [-0.3, -0.25) is 4.79 Å². The summed E-state index contributed by atoms with van der Waals surface area (Å²) in [6.07, 6.45) is 0.120. The number of nitrogens with two attached hydrogens (primary N) is 1. The molecule has 1 atom stereocenters. The second kappa shape index (κ2) is 6.20. The van der Waals surface area contributed by atoms with E-state index in [0.717, 1.165) is 0 Å². The largest absolute Gasteiger partial charge is 0.496 e. The Labute approximate surface area is 104 Å². The highest BCUT2D eigenvalue weighted by Crippen LogP contribution is 2.32. The highest BCUT2D eigenvalue weighted by Gasteiger charge is 2.17. The number of benzene rings is 1. The lowest BCUT2D eigenvalue weighted by molar-refractivity contribution is -0.137. The number of carbonyl (C=O) groups is 1. The SMILES string of the molecule is COc1cc(OC)c(C(N)CCC(=O)O)cc1F. The van der Waals surface area contributed by atoms with Crippen LogP contribution in [0.3, 0.4) is 0 Å². The van der Waals surface area contributed by atoms with Crippen LogP contribution in [0.2, 0.25) is 0 Å². The second-order valence-electron chi connectivity index (χ2n) is 3.77. The topological polar surface area (TPSA) is 81.8 Å². The number of halogens is 1. The smallest absolute Gasteiger partial charge is 0.303 e. The maximum absolute atomic E-state index is 13.6. The van der Waals surface area contributed by atoms with Crippen molar-refractivity contribution in [3.63, 3.8) is 0 Å². The zero-order valence-electron chi connectivity index (χ0n) is 10.3. The Balaban J connectivity index is 2.99. The van der Waals surface area contributed by atoms with Crippen LogP contribution in [-0.4, -0.2) is 25.3 Å². The van der Waals surface area contributed by atoms with Crippen molar-refractivity contribution < 1.29 is 23.8 Å². The van der Waals surface area contributed by atoms with E-state index in [-0.39, 0.29) is 18.6 Å². The molecule has 0 saturated carbocycles. The van der Waals surface area contributed by atoms with Crippen molar-refractivity contribution in [2.24, 2.45) is 5.73 Å². The summed E-state index contributed by atoms with van der Waals surface area (Å²) in [5.74, 6) is -1.07. The molecule has 0 spiro atoms. The van der Waals surface area contributed by atoms with Gasteiger partial charge in [0.1, 0.15) is 5.75 Å². The normalized spacial score (nSPS) is 12.0. The summed E-state index contributed by atoms with van der Waals surface area (Å²) in [7, 11) is 2.78. The van der Waals surface area contributed by atoms with Crippen LogP contribution in [0.5, 0.6) is 11.5 Å². The number of methoxy groups -OCH3 is 2. The van der Waals surface area contributed by atoms with Gasteiger partial charge in [-0.1, -0.05) is 0 Å². The molecule has 100 valence electrons. The second-order valence-corrected chi connectivity index (χ2v) is 3.77. The Kier molecular flexibility index (Phi) is 4.91. The minimum atomic E-state index is -0.946. The predicted molar refractivity (Wildman–Crippen MR) is 63.3 cm³/mol. The molecule has 0 fully saturated rings. The molecule has 5 nitrogen and oxygen atoms in total. The summed E-state index contributed by atoms with van der Waals surface area (Å²) in [6.45, 7) is 0. The summed E-state index contributed by atoms with van der Waals surface area (Å²) < 4.78 is 23.5. The standard InChI is InChI=1S/C12H16FNO4/c1-17-10-6-11(18-2)8(13)5-7(10)9(14)3-4-12(15)16/h5-6,9H,3-4,14H2,1-2H3,(H,15,16). The zero-order chi connectivity index (χ0) is 13.7. The molecule has 1 aromatic rings. The molecule has 0 amide bonds. The van der Waals surface area contributed by atoms with Crippen LogP contribution in [0.1, 0.15) is 24.4 Å². The molecule has 0 bridgehead atoms. The maximum atomic E-state index is 13.6. The van der Waals surface area contributed by atoms with Crippen molar-refractivity contribution in [2.75, 3.05) is 14.2 Å². The van der Waals surface area contributed by atoms with E-state index in [9.17, 15) is 9.18 Å². The lowest BCUT2D eigenvalue weighted by Crippen LogP contribution is -2.14.